The Morgan fingerprint density at radius 2 is 2.32 bits per heavy atom. The van der Waals surface area contributed by atoms with Crippen molar-refractivity contribution in [2.24, 2.45) is 5.92 Å². The maximum Gasteiger partial charge on any atom is 0.335 e. The lowest BCUT2D eigenvalue weighted by Crippen LogP contribution is -2.07. The van der Waals surface area contributed by atoms with Crippen molar-refractivity contribution in [1.82, 2.24) is 4.98 Å². The predicted octanol–water partition coefficient (Wildman–Crippen LogP) is 3.06. The average Bonchev–Trinajstić information content (AvgIpc) is 2.80. The number of carboxylic acid groups (broad SMARTS) is 1. The summed E-state index contributed by atoms with van der Waals surface area (Å²) in [5, 5.41) is 12.3. The van der Waals surface area contributed by atoms with Crippen LogP contribution in [0.1, 0.15) is 16.8 Å². The second kappa shape index (κ2) is 4.12. The number of aromatic carboxylic acids is 1. The van der Waals surface area contributed by atoms with E-state index in [1.165, 1.54) is 23.5 Å². The van der Waals surface area contributed by atoms with Gasteiger partial charge in [0.2, 0.25) is 0 Å². The topological polar surface area (TPSA) is 62.2 Å². The molecule has 0 aliphatic heterocycles. The molecule has 1 aliphatic carbocycles. The first-order valence-corrected chi connectivity index (χ1v) is 6.53. The number of hydrogen-bond donors (Lipinski definition) is 2. The Balaban J connectivity index is 1.76. The highest BCUT2D eigenvalue weighted by atomic mass is 32.1. The van der Waals surface area contributed by atoms with Crippen LogP contribution in [0.4, 0.5) is 13.9 Å². The van der Waals surface area contributed by atoms with Crippen molar-refractivity contribution in [2.75, 3.05) is 11.9 Å². The number of nitrogens with zero attached hydrogens (tertiary/aromatic N) is 1. The molecular formula is C12H10F2N2O2S. The Kier molecular flexibility index (Phi) is 2.67. The van der Waals surface area contributed by atoms with Gasteiger partial charge >= 0.3 is 5.97 Å². The van der Waals surface area contributed by atoms with E-state index in [9.17, 15) is 13.6 Å². The number of fused-ring (bicyclic) bond motifs is 1. The Labute approximate surface area is 111 Å². The minimum atomic E-state index is -2.54. The van der Waals surface area contributed by atoms with Gasteiger partial charge in [0.1, 0.15) is 0 Å². The fourth-order valence-corrected chi connectivity index (χ4v) is 2.75. The molecule has 1 heterocycles. The number of rotatable bonds is 4. The van der Waals surface area contributed by atoms with Gasteiger partial charge in [0.15, 0.2) is 5.13 Å². The summed E-state index contributed by atoms with van der Waals surface area (Å²) in [6.45, 7) is 0.193. The van der Waals surface area contributed by atoms with Gasteiger partial charge in [-0.15, -0.1) is 0 Å². The smallest absolute Gasteiger partial charge is 0.335 e. The summed E-state index contributed by atoms with van der Waals surface area (Å²) in [7, 11) is 0. The van der Waals surface area contributed by atoms with Crippen LogP contribution >= 0.6 is 11.3 Å². The molecule has 0 spiro atoms. The summed E-state index contributed by atoms with van der Waals surface area (Å²) >= 11 is 1.27. The molecule has 0 saturated heterocycles. The second-order valence-electron chi connectivity index (χ2n) is 4.55. The molecule has 1 aromatic heterocycles. The van der Waals surface area contributed by atoms with Crippen LogP contribution in [0.2, 0.25) is 0 Å². The maximum atomic E-state index is 12.7. The van der Waals surface area contributed by atoms with Gasteiger partial charge in [-0.1, -0.05) is 11.3 Å². The molecule has 1 aliphatic rings. The van der Waals surface area contributed by atoms with Crippen LogP contribution in [0.15, 0.2) is 18.2 Å². The van der Waals surface area contributed by atoms with E-state index in [1.807, 2.05) is 0 Å². The van der Waals surface area contributed by atoms with Crippen LogP contribution < -0.4 is 5.32 Å². The maximum absolute atomic E-state index is 12.7. The lowest BCUT2D eigenvalue weighted by atomic mass is 10.2. The molecule has 4 nitrogen and oxygen atoms in total. The number of thiazole rings is 1. The molecule has 7 heteroatoms. The summed E-state index contributed by atoms with van der Waals surface area (Å²) in [6.07, 6.45) is -0.0753. The molecule has 19 heavy (non-hydrogen) atoms. The third-order valence-corrected chi connectivity index (χ3v) is 4.07. The van der Waals surface area contributed by atoms with Crippen molar-refractivity contribution in [1.29, 1.82) is 0 Å². The molecule has 2 aromatic rings. The highest BCUT2D eigenvalue weighted by Gasteiger charge is 2.56. The number of benzene rings is 1. The molecule has 3 rings (SSSR count). The van der Waals surface area contributed by atoms with E-state index in [4.69, 9.17) is 5.11 Å². The van der Waals surface area contributed by atoms with E-state index in [0.717, 1.165) is 4.70 Å². The number of anilines is 1. The van der Waals surface area contributed by atoms with Crippen LogP contribution in [0, 0.1) is 5.92 Å². The summed E-state index contributed by atoms with van der Waals surface area (Å²) in [4.78, 5) is 15.1. The van der Waals surface area contributed by atoms with Crippen molar-refractivity contribution in [2.45, 2.75) is 12.3 Å². The molecule has 1 atom stereocenters. The minimum Gasteiger partial charge on any atom is -0.478 e. The fraction of sp³-hybridized carbons (Fsp3) is 0.333. The fourth-order valence-electron chi connectivity index (χ4n) is 1.83. The zero-order chi connectivity index (χ0) is 13.6. The summed E-state index contributed by atoms with van der Waals surface area (Å²) in [6, 6.07) is 4.63. The molecule has 1 fully saturated rings. The van der Waals surface area contributed by atoms with Gasteiger partial charge in [0, 0.05) is 18.9 Å². The molecule has 100 valence electrons. The van der Waals surface area contributed by atoms with E-state index in [1.54, 1.807) is 6.07 Å². The van der Waals surface area contributed by atoms with Gasteiger partial charge in [0.05, 0.1) is 15.8 Å². The number of nitrogens with one attached hydrogen (secondary N) is 1. The zero-order valence-corrected chi connectivity index (χ0v) is 10.5. The van der Waals surface area contributed by atoms with Crippen LogP contribution in [0.3, 0.4) is 0 Å². The quantitative estimate of drug-likeness (QED) is 0.905. The lowest BCUT2D eigenvalue weighted by molar-refractivity contribution is 0.0697. The monoisotopic (exact) mass is 284 g/mol. The van der Waals surface area contributed by atoms with Crippen LogP contribution in [-0.2, 0) is 0 Å². The minimum absolute atomic E-state index is 0.0753. The van der Waals surface area contributed by atoms with Crippen LogP contribution in [0.25, 0.3) is 10.2 Å². The highest BCUT2D eigenvalue weighted by Crippen LogP contribution is 2.48. The van der Waals surface area contributed by atoms with Gasteiger partial charge < -0.3 is 10.4 Å². The molecule has 2 N–H and O–H groups in total. The average molecular weight is 284 g/mol. The normalized spacial score (nSPS) is 20.4. The van der Waals surface area contributed by atoms with E-state index in [0.29, 0.717) is 10.6 Å². The zero-order valence-electron chi connectivity index (χ0n) is 9.69. The van der Waals surface area contributed by atoms with Gasteiger partial charge in [-0.05, 0) is 18.2 Å². The van der Waals surface area contributed by atoms with Crippen molar-refractivity contribution in [3.05, 3.63) is 23.8 Å². The predicted molar refractivity (Wildman–Crippen MR) is 68.1 cm³/mol. The van der Waals surface area contributed by atoms with Crippen molar-refractivity contribution >= 4 is 32.7 Å². The van der Waals surface area contributed by atoms with Crippen LogP contribution in [-0.4, -0.2) is 28.5 Å². The Morgan fingerprint density at radius 1 is 1.58 bits per heavy atom. The first-order valence-electron chi connectivity index (χ1n) is 5.71. The standard InChI is InChI=1S/C12H10F2N2O2S/c13-12(14)4-7(12)5-15-11-16-8-2-1-6(10(17)18)3-9(8)19-11/h1-3,7H,4-5H2,(H,15,16)(H,17,18). The van der Waals surface area contributed by atoms with Crippen molar-refractivity contribution in [3.63, 3.8) is 0 Å². The Morgan fingerprint density at radius 3 is 2.95 bits per heavy atom. The van der Waals surface area contributed by atoms with Gasteiger partial charge in [-0.3, -0.25) is 0 Å². The second-order valence-corrected chi connectivity index (χ2v) is 5.58. The molecular weight excluding hydrogens is 274 g/mol. The molecule has 0 radical (unpaired) electrons. The van der Waals surface area contributed by atoms with Gasteiger partial charge in [-0.25, -0.2) is 18.6 Å². The summed E-state index contributed by atoms with van der Waals surface area (Å²) in [5.74, 6) is -4.16. The van der Waals surface area contributed by atoms with Crippen LogP contribution in [0.5, 0.6) is 0 Å². The van der Waals surface area contributed by atoms with Gasteiger partial charge in [0.25, 0.3) is 5.92 Å². The lowest BCUT2D eigenvalue weighted by Gasteiger charge is -1.99. The number of halogens is 2. The van der Waals surface area contributed by atoms with E-state index in [-0.39, 0.29) is 18.5 Å². The molecule has 0 bridgehead atoms. The molecule has 1 unspecified atom stereocenters. The molecule has 1 saturated carbocycles. The summed E-state index contributed by atoms with van der Waals surface area (Å²) < 4.78 is 26.2. The molecule has 0 amide bonds. The number of alkyl halides is 2. The number of carbonyl (C=O) groups is 1. The van der Waals surface area contributed by atoms with E-state index in [2.05, 4.69) is 10.3 Å². The van der Waals surface area contributed by atoms with Crippen molar-refractivity contribution in [3.8, 4) is 0 Å². The summed E-state index contributed by atoms with van der Waals surface area (Å²) in [5.41, 5.74) is 0.858. The van der Waals surface area contributed by atoms with Gasteiger partial charge in [-0.2, -0.15) is 0 Å². The van der Waals surface area contributed by atoms with Crippen molar-refractivity contribution < 1.29 is 18.7 Å². The Hall–Kier alpha value is -1.76. The molecule has 1 aromatic carbocycles. The number of carboxylic acids is 1. The highest BCUT2D eigenvalue weighted by molar-refractivity contribution is 7.22. The largest absolute Gasteiger partial charge is 0.478 e. The third-order valence-electron chi connectivity index (χ3n) is 3.09. The third kappa shape index (κ3) is 2.37. The first kappa shape index (κ1) is 12.3. The number of aromatic nitrogens is 1. The SMILES string of the molecule is O=C(O)c1ccc2nc(NCC3CC3(F)F)sc2c1. The van der Waals surface area contributed by atoms with E-state index >= 15 is 0 Å². The first-order chi connectivity index (χ1) is 8.95. The Bertz CT molecular complexity index is 656. The number of hydrogen-bond acceptors (Lipinski definition) is 4. The van der Waals surface area contributed by atoms with E-state index < -0.39 is 17.8 Å².